The van der Waals surface area contributed by atoms with E-state index in [1.165, 1.54) is 56.1 Å². The summed E-state index contributed by atoms with van der Waals surface area (Å²) in [5, 5.41) is 0. The highest BCUT2D eigenvalue weighted by Crippen LogP contribution is 2.19. The van der Waals surface area contributed by atoms with Gasteiger partial charge in [-0.1, -0.05) is 83.1 Å². The molecule has 0 aliphatic carbocycles. The molecular weight excluding hydrogens is 230 g/mol. The van der Waals surface area contributed by atoms with Gasteiger partial charge in [0, 0.05) is 6.04 Å². The van der Waals surface area contributed by atoms with Gasteiger partial charge >= 0.3 is 0 Å². The van der Waals surface area contributed by atoms with Crippen molar-refractivity contribution in [3.8, 4) is 0 Å². The topological polar surface area (TPSA) is 26.0 Å². The second-order valence-corrected chi connectivity index (χ2v) is 5.61. The molecule has 2 N–H and O–H groups in total. The van der Waals surface area contributed by atoms with Crippen molar-refractivity contribution >= 4 is 0 Å². The molecule has 1 rings (SSSR count). The van der Waals surface area contributed by atoms with E-state index in [4.69, 9.17) is 5.73 Å². The Hall–Kier alpha value is -0.820. The fourth-order valence-corrected chi connectivity index (χ4v) is 2.49. The Kier molecular flexibility index (Phi) is 8.57. The van der Waals surface area contributed by atoms with Crippen LogP contribution in [0.1, 0.15) is 82.4 Å². The van der Waals surface area contributed by atoms with Crippen LogP contribution in [-0.4, -0.2) is 0 Å². The van der Waals surface area contributed by atoms with E-state index in [9.17, 15) is 0 Å². The van der Waals surface area contributed by atoms with Crippen molar-refractivity contribution in [3.63, 3.8) is 0 Å². The third-order valence-corrected chi connectivity index (χ3v) is 3.93. The summed E-state index contributed by atoms with van der Waals surface area (Å²) in [6.07, 6.45) is 11.7. The molecule has 1 aromatic rings. The highest BCUT2D eigenvalue weighted by atomic mass is 14.6. The summed E-state index contributed by atoms with van der Waals surface area (Å²) in [6, 6.07) is 9.04. The van der Waals surface area contributed by atoms with Gasteiger partial charge in [0.25, 0.3) is 0 Å². The number of hydrogen-bond acceptors (Lipinski definition) is 1. The molecule has 19 heavy (non-hydrogen) atoms. The first kappa shape index (κ1) is 16.2. The first-order valence-corrected chi connectivity index (χ1v) is 8.12. The average Bonchev–Trinajstić information content (AvgIpc) is 2.46. The predicted molar refractivity (Wildman–Crippen MR) is 85.4 cm³/mol. The molecule has 0 radical (unpaired) electrons. The lowest BCUT2D eigenvalue weighted by molar-refractivity contribution is 0.541. The van der Waals surface area contributed by atoms with Gasteiger partial charge in [0.2, 0.25) is 0 Å². The van der Waals surface area contributed by atoms with Crippen LogP contribution in [0.25, 0.3) is 0 Å². The summed E-state index contributed by atoms with van der Waals surface area (Å²) < 4.78 is 0. The molecule has 1 heteroatoms. The standard InChI is InChI=1S/C18H31N/c1-3-5-6-7-8-9-10-11-18(19)17-14-12-16(4-2)13-15-17/h12-15,18H,3-11,19H2,1-2H3. The third kappa shape index (κ3) is 6.77. The van der Waals surface area contributed by atoms with Gasteiger partial charge in [-0.15, -0.1) is 0 Å². The van der Waals surface area contributed by atoms with Gasteiger partial charge in [0.05, 0.1) is 0 Å². The molecule has 0 amide bonds. The van der Waals surface area contributed by atoms with Gasteiger partial charge in [-0.05, 0) is 24.0 Å². The van der Waals surface area contributed by atoms with Crippen molar-refractivity contribution in [1.29, 1.82) is 0 Å². The smallest absolute Gasteiger partial charge is 0.0294 e. The van der Waals surface area contributed by atoms with Gasteiger partial charge in [-0.2, -0.15) is 0 Å². The molecule has 0 bridgehead atoms. The minimum atomic E-state index is 0.224. The monoisotopic (exact) mass is 261 g/mol. The Morgan fingerprint density at radius 2 is 1.42 bits per heavy atom. The zero-order valence-corrected chi connectivity index (χ0v) is 12.8. The summed E-state index contributed by atoms with van der Waals surface area (Å²) in [6.45, 7) is 4.45. The van der Waals surface area contributed by atoms with Crippen LogP contribution in [0.5, 0.6) is 0 Å². The third-order valence-electron chi connectivity index (χ3n) is 3.93. The van der Waals surface area contributed by atoms with Gasteiger partial charge in [0.1, 0.15) is 0 Å². The number of aryl methyl sites for hydroxylation is 1. The molecule has 0 aliphatic rings. The molecule has 108 valence electrons. The van der Waals surface area contributed by atoms with Gasteiger partial charge in [0.15, 0.2) is 0 Å². The molecular formula is C18H31N. The molecule has 1 nitrogen and oxygen atoms in total. The summed E-state index contributed by atoms with van der Waals surface area (Å²) in [5.41, 5.74) is 8.94. The molecule has 0 heterocycles. The molecule has 0 aliphatic heterocycles. The molecule has 0 saturated carbocycles. The number of benzene rings is 1. The van der Waals surface area contributed by atoms with E-state index in [0.717, 1.165) is 12.8 Å². The molecule has 0 spiro atoms. The second kappa shape index (κ2) is 10.0. The van der Waals surface area contributed by atoms with Crippen molar-refractivity contribution < 1.29 is 0 Å². The van der Waals surface area contributed by atoms with E-state index in [1.54, 1.807) is 0 Å². The molecule has 0 saturated heterocycles. The van der Waals surface area contributed by atoms with E-state index < -0.39 is 0 Å². The van der Waals surface area contributed by atoms with Crippen LogP contribution in [0.4, 0.5) is 0 Å². The van der Waals surface area contributed by atoms with E-state index in [1.807, 2.05) is 0 Å². The quantitative estimate of drug-likeness (QED) is 0.561. The summed E-state index contributed by atoms with van der Waals surface area (Å²) in [4.78, 5) is 0. The largest absolute Gasteiger partial charge is 0.324 e. The number of unbranched alkanes of at least 4 members (excludes halogenated alkanes) is 6. The lowest BCUT2D eigenvalue weighted by Gasteiger charge is -2.12. The van der Waals surface area contributed by atoms with Gasteiger partial charge in [-0.25, -0.2) is 0 Å². The summed E-state index contributed by atoms with van der Waals surface area (Å²) in [5.74, 6) is 0. The highest BCUT2D eigenvalue weighted by Gasteiger charge is 2.05. The Balaban J connectivity index is 2.14. The maximum Gasteiger partial charge on any atom is 0.0294 e. The number of rotatable bonds is 10. The minimum absolute atomic E-state index is 0.224. The fourth-order valence-electron chi connectivity index (χ4n) is 2.49. The highest BCUT2D eigenvalue weighted by molar-refractivity contribution is 5.24. The Morgan fingerprint density at radius 1 is 0.842 bits per heavy atom. The first-order valence-electron chi connectivity index (χ1n) is 8.12. The van der Waals surface area contributed by atoms with Crippen molar-refractivity contribution in [3.05, 3.63) is 35.4 Å². The van der Waals surface area contributed by atoms with Crippen LogP contribution in [0.3, 0.4) is 0 Å². The van der Waals surface area contributed by atoms with E-state index in [-0.39, 0.29) is 6.04 Å². The Bertz CT molecular complexity index is 315. The normalized spacial score (nSPS) is 12.6. The second-order valence-electron chi connectivity index (χ2n) is 5.61. The molecule has 1 atom stereocenters. The van der Waals surface area contributed by atoms with Crippen LogP contribution >= 0.6 is 0 Å². The predicted octanol–water partition coefficient (Wildman–Crippen LogP) is 5.39. The minimum Gasteiger partial charge on any atom is -0.324 e. The average molecular weight is 261 g/mol. The lowest BCUT2D eigenvalue weighted by atomic mass is 9.99. The van der Waals surface area contributed by atoms with Crippen LogP contribution in [0, 0.1) is 0 Å². The van der Waals surface area contributed by atoms with Crippen molar-refractivity contribution in [2.45, 2.75) is 77.7 Å². The first-order chi connectivity index (χ1) is 9.27. The summed E-state index contributed by atoms with van der Waals surface area (Å²) >= 11 is 0. The van der Waals surface area contributed by atoms with Crippen LogP contribution in [-0.2, 0) is 6.42 Å². The van der Waals surface area contributed by atoms with E-state index in [2.05, 4.69) is 38.1 Å². The number of nitrogens with two attached hydrogens (primary N) is 1. The zero-order valence-electron chi connectivity index (χ0n) is 12.8. The molecule has 0 fully saturated rings. The van der Waals surface area contributed by atoms with Crippen molar-refractivity contribution in [2.75, 3.05) is 0 Å². The van der Waals surface area contributed by atoms with Crippen LogP contribution < -0.4 is 5.73 Å². The fraction of sp³-hybridized carbons (Fsp3) is 0.667. The SMILES string of the molecule is CCCCCCCCCC(N)c1ccc(CC)cc1. The molecule has 0 aromatic heterocycles. The van der Waals surface area contributed by atoms with Crippen LogP contribution in [0.15, 0.2) is 24.3 Å². The Morgan fingerprint density at radius 3 is 2.00 bits per heavy atom. The van der Waals surface area contributed by atoms with Gasteiger partial charge in [-0.3, -0.25) is 0 Å². The lowest BCUT2D eigenvalue weighted by Crippen LogP contribution is -2.10. The van der Waals surface area contributed by atoms with Crippen LogP contribution in [0.2, 0.25) is 0 Å². The van der Waals surface area contributed by atoms with Crippen molar-refractivity contribution in [2.24, 2.45) is 5.73 Å². The molecule has 1 aromatic carbocycles. The maximum absolute atomic E-state index is 6.25. The van der Waals surface area contributed by atoms with Crippen molar-refractivity contribution in [1.82, 2.24) is 0 Å². The van der Waals surface area contributed by atoms with E-state index >= 15 is 0 Å². The Labute approximate surface area is 119 Å². The summed E-state index contributed by atoms with van der Waals surface area (Å²) in [7, 11) is 0. The zero-order chi connectivity index (χ0) is 13.9. The maximum atomic E-state index is 6.25. The molecule has 1 unspecified atom stereocenters. The van der Waals surface area contributed by atoms with E-state index in [0.29, 0.717) is 0 Å². The number of hydrogen-bond donors (Lipinski definition) is 1. The van der Waals surface area contributed by atoms with Gasteiger partial charge < -0.3 is 5.73 Å².